The van der Waals surface area contributed by atoms with Gasteiger partial charge >= 0.3 is 0 Å². The molecule has 3 aromatic rings. The van der Waals surface area contributed by atoms with E-state index in [1.54, 1.807) is 43.5 Å². The van der Waals surface area contributed by atoms with E-state index in [-0.39, 0.29) is 17.3 Å². The monoisotopic (exact) mass is 479 g/mol. The Morgan fingerprint density at radius 3 is 2.19 bits per heavy atom. The smallest absolute Gasteiger partial charge is 0.180 e. The molecule has 0 N–H and O–H groups in total. The fourth-order valence-electron chi connectivity index (χ4n) is 6.49. The molecular formula is C30H25NO5. The first-order valence-electron chi connectivity index (χ1n) is 11.9. The molecule has 6 rings (SSSR count). The predicted octanol–water partition coefficient (Wildman–Crippen LogP) is 4.73. The zero-order valence-electron chi connectivity index (χ0n) is 20.2. The Bertz CT molecular complexity index is 1440. The fourth-order valence-corrected chi connectivity index (χ4v) is 6.49. The van der Waals surface area contributed by atoms with Crippen LogP contribution in [0.2, 0.25) is 0 Å². The number of carbonyl (C=O) groups is 3. The van der Waals surface area contributed by atoms with Gasteiger partial charge in [0.15, 0.2) is 17.3 Å². The lowest BCUT2D eigenvalue weighted by Gasteiger charge is -2.37. The summed E-state index contributed by atoms with van der Waals surface area (Å²) in [4.78, 5) is 44.3. The Balaban J connectivity index is 1.70. The van der Waals surface area contributed by atoms with Crippen molar-refractivity contribution >= 4 is 29.1 Å². The lowest BCUT2D eigenvalue weighted by atomic mass is 9.64. The highest BCUT2D eigenvalue weighted by Crippen LogP contribution is 2.61. The summed E-state index contributed by atoms with van der Waals surface area (Å²) in [6, 6.07) is 18.7. The Labute approximate surface area is 209 Å². The Kier molecular flexibility index (Phi) is 4.90. The van der Waals surface area contributed by atoms with Crippen LogP contribution in [0.4, 0.5) is 5.69 Å². The van der Waals surface area contributed by atoms with E-state index in [9.17, 15) is 14.4 Å². The van der Waals surface area contributed by atoms with Crippen LogP contribution in [-0.4, -0.2) is 43.7 Å². The van der Waals surface area contributed by atoms with Crippen LogP contribution >= 0.6 is 0 Å². The molecule has 0 aromatic heterocycles. The molecule has 2 heterocycles. The molecule has 1 fully saturated rings. The number of anilines is 1. The standard InChI is InChI=1S/C30H25NO5/c1-17(32)27-26(22-14-13-19(35-2)16-24(22)36-3)30(28(33)20-9-5-6-10-21(20)29(30)34)25-15-12-18-8-4-7-11-23(18)31(25)27/h4-16,25-27H,1-3H3/t25-,26-,27+/m0/s1. The molecule has 0 radical (unpaired) electrons. The summed E-state index contributed by atoms with van der Waals surface area (Å²) < 4.78 is 11.1. The number of rotatable bonds is 4. The summed E-state index contributed by atoms with van der Waals surface area (Å²) in [5.74, 6) is -0.357. The van der Waals surface area contributed by atoms with E-state index in [4.69, 9.17) is 9.47 Å². The third-order valence-corrected chi connectivity index (χ3v) is 7.91. The van der Waals surface area contributed by atoms with Gasteiger partial charge in [0.2, 0.25) is 0 Å². The quantitative estimate of drug-likeness (QED) is 0.504. The molecule has 6 heteroatoms. The summed E-state index contributed by atoms with van der Waals surface area (Å²) in [6.45, 7) is 1.53. The molecule has 3 aliphatic rings. The number of ether oxygens (including phenoxy) is 2. The minimum atomic E-state index is -1.52. The number of methoxy groups -OCH3 is 2. The number of benzene rings is 3. The van der Waals surface area contributed by atoms with E-state index in [1.807, 2.05) is 47.4 Å². The first-order valence-corrected chi connectivity index (χ1v) is 11.9. The van der Waals surface area contributed by atoms with Gasteiger partial charge in [-0.2, -0.15) is 0 Å². The van der Waals surface area contributed by atoms with Crippen molar-refractivity contribution in [2.24, 2.45) is 5.41 Å². The van der Waals surface area contributed by atoms with Crippen LogP contribution in [-0.2, 0) is 4.79 Å². The summed E-state index contributed by atoms with van der Waals surface area (Å²) in [6.07, 6.45) is 3.86. The highest BCUT2D eigenvalue weighted by molar-refractivity contribution is 6.32. The topological polar surface area (TPSA) is 72.9 Å². The average molecular weight is 480 g/mol. The van der Waals surface area contributed by atoms with Crippen LogP contribution in [0, 0.1) is 5.41 Å². The first-order chi connectivity index (χ1) is 17.4. The van der Waals surface area contributed by atoms with Gasteiger partial charge in [-0.1, -0.05) is 60.7 Å². The number of Topliss-reactive ketones (excluding diaryl/α,β-unsaturated/α-hetero) is 3. The van der Waals surface area contributed by atoms with E-state index in [1.165, 1.54) is 14.0 Å². The number of hydrogen-bond donors (Lipinski definition) is 0. The molecule has 6 nitrogen and oxygen atoms in total. The highest BCUT2D eigenvalue weighted by Gasteiger charge is 2.71. The maximum atomic E-state index is 14.4. The second kappa shape index (κ2) is 7.92. The van der Waals surface area contributed by atoms with Crippen LogP contribution in [0.5, 0.6) is 11.5 Å². The minimum Gasteiger partial charge on any atom is -0.497 e. The van der Waals surface area contributed by atoms with Gasteiger partial charge < -0.3 is 14.4 Å². The van der Waals surface area contributed by atoms with Crippen molar-refractivity contribution in [3.63, 3.8) is 0 Å². The van der Waals surface area contributed by atoms with E-state index >= 15 is 0 Å². The molecule has 0 unspecified atom stereocenters. The van der Waals surface area contributed by atoms with Crippen LogP contribution in [0.1, 0.15) is 44.7 Å². The molecule has 1 aliphatic carbocycles. The summed E-state index contributed by atoms with van der Waals surface area (Å²) in [5.41, 5.74) is 1.68. The average Bonchev–Trinajstić information content (AvgIpc) is 3.35. The van der Waals surface area contributed by atoms with Gasteiger partial charge in [0.1, 0.15) is 16.9 Å². The molecule has 1 saturated heterocycles. The third-order valence-electron chi connectivity index (χ3n) is 7.91. The van der Waals surface area contributed by atoms with Gasteiger partial charge in [0, 0.05) is 34.4 Å². The van der Waals surface area contributed by atoms with E-state index in [2.05, 4.69) is 0 Å². The van der Waals surface area contributed by atoms with Gasteiger partial charge in [-0.25, -0.2) is 0 Å². The molecule has 0 saturated carbocycles. The van der Waals surface area contributed by atoms with Crippen LogP contribution in [0.3, 0.4) is 0 Å². The highest BCUT2D eigenvalue weighted by atomic mass is 16.5. The zero-order chi connectivity index (χ0) is 25.2. The van der Waals surface area contributed by atoms with Crippen LogP contribution < -0.4 is 14.4 Å². The fraction of sp³-hybridized carbons (Fsp3) is 0.233. The van der Waals surface area contributed by atoms with Gasteiger partial charge in [0.25, 0.3) is 0 Å². The minimum absolute atomic E-state index is 0.124. The van der Waals surface area contributed by atoms with Crippen LogP contribution in [0.25, 0.3) is 6.08 Å². The van der Waals surface area contributed by atoms with Crippen molar-refractivity contribution in [3.8, 4) is 11.5 Å². The zero-order valence-corrected chi connectivity index (χ0v) is 20.2. The number of hydrogen-bond acceptors (Lipinski definition) is 6. The molecule has 0 bridgehead atoms. The van der Waals surface area contributed by atoms with Gasteiger partial charge in [0.05, 0.1) is 26.3 Å². The van der Waals surface area contributed by atoms with Crippen LogP contribution in [0.15, 0.2) is 72.8 Å². The lowest BCUT2D eigenvalue weighted by Crippen LogP contribution is -2.48. The second-order valence-electron chi connectivity index (χ2n) is 9.48. The van der Waals surface area contributed by atoms with Gasteiger partial charge in [-0.15, -0.1) is 0 Å². The van der Waals surface area contributed by atoms with Crippen molar-refractivity contribution in [2.45, 2.75) is 24.9 Å². The second-order valence-corrected chi connectivity index (χ2v) is 9.48. The van der Waals surface area contributed by atoms with Crippen molar-refractivity contribution < 1.29 is 23.9 Å². The molecule has 36 heavy (non-hydrogen) atoms. The first kappa shape index (κ1) is 22.3. The maximum Gasteiger partial charge on any atom is 0.180 e. The summed E-state index contributed by atoms with van der Waals surface area (Å²) >= 11 is 0. The molecule has 0 amide bonds. The number of nitrogens with zero attached hydrogens (tertiary/aromatic N) is 1. The summed E-state index contributed by atoms with van der Waals surface area (Å²) in [7, 11) is 3.10. The third kappa shape index (κ3) is 2.70. The van der Waals surface area contributed by atoms with Crippen molar-refractivity contribution in [3.05, 3.63) is 95.1 Å². The Hall–Kier alpha value is -4.19. The van der Waals surface area contributed by atoms with E-state index in [0.29, 0.717) is 28.2 Å². The lowest BCUT2D eigenvalue weighted by molar-refractivity contribution is -0.118. The predicted molar refractivity (Wildman–Crippen MR) is 136 cm³/mol. The Morgan fingerprint density at radius 1 is 0.889 bits per heavy atom. The van der Waals surface area contributed by atoms with E-state index < -0.39 is 23.4 Å². The van der Waals surface area contributed by atoms with Crippen molar-refractivity contribution in [1.29, 1.82) is 0 Å². The normalized spacial score (nSPS) is 22.9. The molecule has 2 aliphatic heterocycles. The molecule has 3 aromatic carbocycles. The number of carbonyl (C=O) groups excluding carboxylic acids is 3. The SMILES string of the molecule is COc1ccc([C@H]2[C@@H](C(C)=O)N3c4ccccc4C=C[C@H]3C23C(=O)c2ccccc2C3=O)c(OC)c1. The Morgan fingerprint density at radius 2 is 1.56 bits per heavy atom. The largest absolute Gasteiger partial charge is 0.497 e. The summed E-state index contributed by atoms with van der Waals surface area (Å²) in [5, 5.41) is 0. The van der Waals surface area contributed by atoms with Gasteiger partial charge in [-0.3, -0.25) is 14.4 Å². The van der Waals surface area contributed by atoms with Crippen molar-refractivity contribution in [1.82, 2.24) is 0 Å². The number of para-hydroxylation sites is 1. The van der Waals surface area contributed by atoms with Gasteiger partial charge in [-0.05, 0) is 24.6 Å². The molecule has 3 atom stereocenters. The van der Waals surface area contributed by atoms with Crippen molar-refractivity contribution in [2.75, 3.05) is 19.1 Å². The maximum absolute atomic E-state index is 14.4. The molecular weight excluding hydrogens is 454 g/mol. The molecule has 180 valence electrons. The number of ketones is 3. The molecule has 1 spiro atoms. The number of fused-ring (bicyclic) bond motifs is 5. The van der Waals surface area contributed by atoms with E-state index in [0.717, 1.165) is 11.3 Å².